The number of aliphatic hydroxyl groups is 2. The van der Waals surface area contributed by atoms with Crippen molar-refractivity contribution in [2.24, 2.45) is 0 Å². The molecule has 0 spiro atoms. The molecule has 0 aromatic heterocycles. The van der Waals surface area contributed by atoms with E-state index in [0.717, 1.165) is 19.3 Å². The zero-order chi connectivity index (χ0) is 20.7. The predicted molar refractivity (Wildman–Crippen MR) is 114 cm³/mol. The third-order valence-corrected chi connectivity index (χ3v) is 5.60. The Kier molecular flexibility index (Phi) is 12.8. The molecule has 0 heterocycles. The minimum absolute atomic E-state index is 0.227. The van der Waals surface area contributed by atoms with Crippen LogP contribution in [0.15, 0.2) is 30.3 Å². The van der Waals surface area contributed by atoms with E-state index >= 15 is 0 Å². The van der Waals surface area contributed by atoms with Crippen LogP contribution in [0.25, 0.3) is 0 Å². The molecule has 4 heteroatoms. The monoisotopic (exact) mass is 392 g/mol. The van der Waals surface area contributed by atoms with Crippen molar-refractivity contribution >= 4 is 5.97 Å². The molecule has 3 N–H and O–H groups in total. The average molecular weight is 393 g/mol. The highest BCUT2D eigenvalue weighted by atomic mass is 16.4. The highest BCUT2D eigenvalue weighted by Crippen LogP contribution is 2.28. The Hall–Kier alpha value is -1.39. The number of unbranched alkanes of at least 4 members (excludes halogenated alkanes) is 12. The summed E-state index contributed by atoms with van der Waals surface area (Å²) >= 11 is 0. The Bertz CT molecular complexity index is 517. The molecule has 0 saturated carbocycles. The SMILES string of the molecule is CCCCCCCCCCCCCCCC(O)C(O)(C(=O)O)c1ccccc1. The van der Waals surface area contributed by atoms with Gasteiger partial charge in [0.25, 0.3) is 0 Å². The molecule has 0 aliphatic heterocycles. The molecule has 0 fully saturated rings. The van der Waals surface area contributed by atoms with Crippen LogP contribution in [0.1, 0.15) is 102 Å². The largest absolute Gasteiger partial charge is 0.479 e. The average Bonchev–Trinajstić information content (AvgIpc) is 2.71. The molecule has 0 radical (unpaired) electrons. The van der Waals surface area contributed by atoms with Crippen LogP contribution in [0, 0.1) is 0 Å². The van der Waals surface area contributed by atoms with E-state index < -0.39 is 17.7 Å². The molecular formula is C24H40O4. The summed E-state index contributed by atoms with van der Waals surface area (Å²) in [4.78, 5) is 11.6. The summed E-state index contributed by atoms with van der Waals surface area (Å²) in [6.07, 6.45) is 15.0. The summed E-state index contributed by atoms with van der Waals surface area (Å²) in [7, 11) is 0. The molecular weight excluding hydrogens is 352 g/mol. The molecule has 0 bridgehead atoms. The molecule has 2 unspecified atom stereocenters. The molecule has 0 aliphatic carbocycles. The van der Waals surface area contributed by atoms with Crippen LogP contribution in [-0.2, 0) is 10.4 Å². The Morgan fingerprint density at radius 1 is 0.821 bits per heavy atom. The van der Waals surface area contributed by atoms with Crippen molar-refractivity contribution < 1.29 is 20.1 Å². The molecule has 0 saturated heterocycles. The van der Waals surface area contributed by atoms with Gasteiger partial charge in [-0.1, -0.05) is 121 Å². The second-order valence-electron chi connectivity index (χ2n) is 7.98. The van der Waals surface area contributed by atoms with Gasteiger partial charge < -0.3 is 15.3 Å². The van der Waals surface area contributed by atoms with Crippen molar-refractivity contribution in [2.75, 3.05) is 0 Å². The van der Waals surface area contributed by atoms with Gasteiger partial charge in [0.15, 0.2) is 0 Å². The van der Waals surface area contributed by atoms with Gasteiger partial charge in [-0.2, -0.15) is 0 Å². The van der Waals surface area contributed by atoms with Gasteiger partial charge in [-0.3, -0.25) is 0 Å². The summed E-state index contributed by atoms with van der Waals surface area (Å²) in [5.74, 6) is -1.40. The van der Waals surface area contributed by atoms with Crippen molar-refractivity contribution in [1.82, 2.24) is 0 Å². The summed E-state index contributed by atoms with van der Waals surface area (Å²) in [5.41, 5.74) is -2.01. The minimum atomic E-state index is -2.24. The lowest BCUT2D eigenvalue weighted by molar-refractivity contribution is -0.174. The van der Waals surface area contributed by atoms with Crippen molar-refractivity contribution in [2.45, 2.75) is 109 Å². The maximum atomic E-state index is 11.6. The lowest BCUT2D eigenvalue weighted by Gasteiger charge is -2.29. The first-order valence-electron chi connectivity index (χ1n) is 11.2. The molecule has 160 valence electrons. The maximum Gasteiger partial charge on any atom is 0.343 e. The normalized spacial score (nSPS) is 14.5. The van der Waals surface area contributed by atoms with Gasteiger partial charge in [0.1, 0.15) is 0 Å². The number of carboxylic acid groups (broad SMARTS) is 1. The quantitative estimate of drug-likeness (QED) is 0.293. The molecule has 1 rings (SSSR count). The summed E-state index contributed by atoms with van der Waals surface area (Å²) in [5, 5.41) is 30.4. The van der Waals surface area contributed by atoms with E-state index in [-0.39, 0.29) is 12.0 Å². The molecule has 4 nitrogen and oxygen atoms in total. The van der Waals surface area contributed by atoms with Crippen molar-refractivity contribution in [3.63, 3.8) is 0 Å². The van der Waals surface area contributed by atoms with Gasteiger partial charge in [0, 0.05) is 0 Å². The van der Waals surface area contributed by atoms with E-state index in [1.165, 1.54) is 64.2 Å². The number of aliphatic carboxylic acids is 1. The van der Waals surface area contributed by atoms with E-state index in [1.54, 1.807) is 30.3 Å². The van der Waals surface area contributed by atoms with Crippen molar-refractivity contribution in [1.29, 1.82) is 0 Å². The van der Waals surface area contributed by atoms with Gasteiger partial charge in [-0.05, 0) is 12.0 Å². The number of aliphatic hydroxyl groups excluding tert-OH is 1. The van der Waals surface area contributed by atoms with Crippen LogP contribution in [-0.4, -0.2) is 27.4 Å². The van der Waals surface area contributed by atoms with Gasteiger partial charge >= 0.3 is 5.97 Å². The highest BCUT2D eigenvalue weighted by Gasteiger charge is 2.44. The molecule has 0 amide bonds. The van der Waals surface area contributed by atoms with Crippen LogP contribution < -0.4 is 0 Å². The number of rotatable bonds is 17. The van der Waals surface area contributed by atoms with E-state index in [0.29, 0.717) is 0 Å². The first-order valence-corrected chi connectivity index (χ1v) is 11.2. The third-order valence-electron chi connectivity index (χ3n) is 5.60. The molecule has 1 aromatic rings. The molecule has 2 atom stereocenters. The number of hydrogen-bond acceptors (Lipinski definition) is 3. The van der Waals surface area contributed by atoms with Crippen LogP contribution in [0.5, 0.6) is 0 Å². The van der Waals surface area contributed by atoms with Gasteiger partial charge in [-0.15, -0.1) is 0 Å². The van der Waals surface area contributed by atoms with Crippen molar-refractivity contribution in [3.05, 3.63) is 35.9 Å². The number of carboxylic acids is 1. The molecule has 28 heavy (non-hydrogen) atoms. The fourth-order valence-corrected chi connectivity index (χ4v) is 3.71. The van der Waals surface area contributed by atoms with Crippen LogP contribution in [0.3, 0.4) is 0 Å². The molecule has 1 aromatic carbocycles. The van der Waals surface area contributed by atoms with Gasteiger partial charge in [-0.25, -0.2) is 4.79 Å². The summed E-state index contributed by atoms with van der Waals surface area (Å²) < 4.78 is 0. The smallest absolute Gasteiger partial charge is 0.343 e. The van der Waals surface area contributed by atoms with E-state index in [1.807, 2.05) is 0 Å². The first kappa shape index (κ1) is 24.6. The Morgan fingerprint density at radius 3 is 1.68 bits per heavy atom. The Morgan fingerprint density at radius 2 is 1.25 bits per heavy atom. The van der Waals surface area contributed by atoms with E-state index in [4.69, 9.17) is 0 Å². The topological polar surface area (TPSA) is 77.8 Å². The standard InChI is InChI=1S/C24H40O4/c1-2-3-4-5-6-7-8-9-10-11-12-13-17-20-22(25)24(28,23(26)27)21-18-15-14-16-19-21/h14-16,18-19,22,25,28H,2-13,17,20H2,1H3,(H,26,27). The third kappa shape index (κ3) is 8.74. The fourth-order valence-electron chi connectivity index (χ4n) is 3.71. The zero-order valence-electron chi connectivity index (χ0n) is 17.6. The van der Waals surface area contributed by atoms with Gasteiger partial charge in [0.05, 0.1) is 6.10 Å². The minimum Gasteiger partial charge on any atom is -0.479 e. The van der Waals surface area contributed by atoms with Crippen LogP contribution >= 0.6 is 0 Å². The second-order valence-corrected chi connectivity index (χ2v) is 7.98. The lowest BCUT2D eigenvalue weighted by atomic mass is 9.85. The Balaban J connectivity index is 2.13. The zero-order valence-corrected chi connectivity index (χ0v) is 17.6. The van der Waals surface area contributed by atoms with Gasteiger partial charge in [0.2, 0.25) is 5.60 Å². The molecule has 0 aliphatic rings. The van der Waals surface area contributed by atoms with E-state index in [9.17, 15) is 20.1 Å². The lowest BCUT2D eigenvalue weighted by Crippen LogP contribution is -2.46. The van der Waals surface area contributed by atoms with E-state index in [2.05, 4.69) is 6.92 Å². The Labute approximate surface area is 171 Å². The number of benzene rings is 1. The van der Waals surface area contributed by atoms with Crippen LogP contribution in [0.2, 0.25) is 0 Å². The highest BCUT2D eigenvalue weighted by molar-refractivity contribution is 5.80. The maximum absolute atomic E-state index is 11.6. The summed E-state index contributed by atoms with van der Waals surface area (Å²) in [6.45, 7) is 2.25. The number of hydrogen-bond donors (Lipinski definition) is 3. The number of carbonyl (C=O) groups is 1. The van der Waals surface area contributed by atoms with Crippen LogP contribution in [0.4, 0.5) is 0 Å². The fraction of sp³-hybridized carbons (Fsp3) is 0.708. The summed E-state index contributed by atoms with van der Waals surface area (Å²) in [6, 6.07) is 8.18. The first-order chi connectivity index (χ1) is 13.5. The predicted octanol–water partition coefficient (Wildman–Crippen LogP) is 5.80. The second kappa shape index (κ2) is 14.6. The van der Waals surface area contributed by atoms with Crippen molar-refractivity contribution in [3.8, 4) is 0 Å².